The number of methoxy groups -OCH3 is 1. The molecular formula is C12H21N3O. The van der Waals surface area contributed by atoms with Crippen molar-refractivity contribution >= 4 is 0 Å². The van der Waals surface area contributed by atoms with E-state index in [2.05, 4.69) is 16.3 Å². The second-order valence-corrected chi connectivity index (χ2v) is 4.76. The molecule has 1 saturated carbocycles. The highest BCUT2D eigenvalue weighted by molar-refractivity contribution is 4.99. The van der Waals surface area contributed by atoms with E-state index in [1.807, 2.05) is 0 Å². The molecule has 0 aromatic carbocycles. The minimum absolute atomic E-state index is 0.0503. The van der Waals surface area contributed by atoms with Crippen LogP contribution in [0.25, 0.3) is 0 Å². The second kappa shape index (κ2) is 5.62. The lowest BCUT2D eigenvalue weighted by Crippen LogP contribution is -2.55. The summed E-state index contributed by atoms with van der Waals surface area (Å²) in [6, 6.07) is 3.00. The van der Waals surface area contributed by atoms with Crippen molar-refractivity contribution in [2.75, 3.05) is 26.7 Å². The maximum absolute atomic E-state index is 9.15. The molecule has 4 nitrogen and oxygen atoms in total. The third-order valence-electron chi connectivity index (χ3n) is 3.83. The van der Waals surface area contributed by atoms with Crippen molar-refractivity contribution in [1.82, 2.24) is 10.2 Å². The van der Waals surface area contributed by atoms with Crippen LogP contribution in [0.15, 0.2) is 0 Å². The first-order chi connectivity index (χ1) is 7.85. The van der Waals surface area contributed by atoms with Gasteiger partial charge in [-0.15, -0.1) is 0 Å². The van der Waals surface area contributed by atoms with Crippen molar-refractivity contribution in [1.29, 1.82) is 5.26 Å². The van der Waals surface area contributed by atoms with Gasteiger partial charge < -0.3 is 10.1 Å². The molecule has 3 atom stereocenters. The van der Waals surface area contributed by atoms with Crippen LogP contribution in [0.5, 0.6) is 0 Å². The number of hydrogen-bond acceptors (Lipinski definition) is 4. The summed E-state index contributed by atoms with van der Waals surface area (Å²) in [6.45, 7) is 2.82. The van der Waals surface area contributed by atoms with Gasteiger partial charge in [0.15, 0.2) is 0 Å². The van der Waals surface area contributed by atoms with Gasteiger partial charge in [0.1, 0.15) is 6.04 Å². The van der Waals surface area contributed by atoms with E-state index in [0.29, 0.717) is 12.1 Å². The quantitative estimate of drug-likeness (QED) is 0.750. The zero-order valence-electron chi connectivity index (χ0n) is 9.98. The van der Waals surface area contributed by atoms with E-state index in [1.54, 1.807) is 7.11 Å². The van der Waals surface area contributed by atoms with Crippen LogP contribution in [-0.2, 0) is 4.74 Å². The number of piperazine rings is 1. The number of ether oxygens (including phenoxy) is 1. The third-order valence-corrected chi connectivity index (χ3v) is 3.83. The summed E-state index contributed by atoms with van der Waals surface area (Å²) < 4.78 is 5.46. The van der Waals surface area contributed by atoms with Crippen LogP contribution < -0.4 is 5.32 Å². The van der Waals surface area contributed by atoms with Crippen LogP contribution in [0.1, 0.15) is 25.7 Å². The number of nitrogens with one attached hydrogen (secondary N) is 1. The summed E-state index contributed by atoms with van der Waals surface area (Å²) >= 11 is 0. The summed E-state index contributed by atoms with van der Waals surface area (Å²) in [4.78, 5) is 2.38. The van der Waals surface area contributed by atoms with E-state index in [4.69, 9.17) is 10.00 Å². The Labute approximate surface area is 97.6 Å². The highest BCUT2D eigenvalue weighted by Gasteiger charge is 2.32. The predicted octanol–water partition coefficient (Wildman–Crippen LogP) is 0.741. The minimum Gasteiger partial charge on any atom is -0.381 e. The van der Waals surface area contributed by atoms with Crippen LogP contribution in [0, 0.1) is 11.3 Å². The van der Waals surface area contributed by atoms with E-state index in [9.17, 15) is 0 Å². The first kappa shape index (κ1) is 11.8. The van der Waals surface area contributed by atoms with Gasteiger partial charge >= 0.3 is 0 Å². The Morgan fingerprint density at radius 2 is 2.31 bits per heavy atom. The summed E-state index contributed by atoms with van der Waals surface area (Å²) in [6.07, 6.45) is 5.11. The Bertz CT molecular complexity index is 263. The lowest BCUT2D eigenvalue weighted by Gasteiger charge is -2.41. The van der Waals surface area contributed by atoms with Crippen molar-refractivity contribution in [2.45, 2.75) is 43.9 Å². The SMILES string of the molecule is COC1CCCC(N2CCNCC2C#N)C1. The molecule has 0 radical (unpaired) electrons. The van der Waals surface area contributed by atoms with Gasteiger partial charge in [0.2, 0.25) is 0 Å². The Morgan fingerprint density at radius 1 is 1.44 bits per heavy atom. The molecule has 3 unspecified atom stereocenters. The second-order valence-electron chi connectivity index (χ2n) is 4.76. The highest BCUT2D eigenvalue weighted by Crippen LogP contribution is 2.26. The summed E-state index contributed by atoms with van der Waals surface area (Å²) in [5.41, 5.74) is 0. The monoisotopic (exact) mass is 223 g/mol. The maximum Gasteiger partial charge on any atom is 0.111 e. The molecule has 90 valence electrons. The molecule has 2 rings (SSSR count). The van der Waals surface area contributed by atoms with Crippen LogP contribution in [0.2, 0.25) is 0 Å². The molecule has 0 aromatic rings. The Kier molecular flexibility index (Phi) is 4.16. The standard InChI is InChI=1S/C12H21N3O/c1-16-12-4-2-3-10(7-12)15-6-5-14-9-11(15)8-13/h10-12,14H,2-7,9H2,1H3. The van der Waals surface area contributed by atoms with E-state index >= 15 is 0 Å². The van der Waals surface area contributed by atoms with Gasteiger partial charge in [-0.1, -0.05) is 0 Å². The van der Waals surface area contributed by atoms with Gasteiger partial charge in [-0.2, -0.15) is 5.26 Å². The Morgan fingerprint density at radius 3 is 3.06 bits per heavy atom. The van der Waals surface area contributed by atoms with E-state index in [-0.39, 0.29) is 6.04 Å². The zero-order valence-corrected chi connectivity index (χ0v) is 9.98. The maximum atomic E-state index is 9.15. The molecule has 1 aliphatic carbocycles. The highest BCUT2D eigenvalue weighted by atomic mass is 16.5. The summed E-state index contributed by atoms with van der Waals surface area (Å²) in [5, 5.41) is 12.4. The fourth-order valence-electron chi connectivity index (χ4n) is 2.91. The number of nitrogens with zero attached hydrogens (tertiary/aromatic N) is 2. The van der Waals surface area contributed by atoms with Crippen molar-refractivity contribution < 1.29 is 4.74 Å². The molecule has 2 fully saturated rings. The van der Waals surface area contributed by atoms with E-state index in [0.717, 1.165) is 26.1 Å². The lowest BCUT2D eigenvalue weighted by atomic mass is 9.90. The molecule has 0 bridgehead atoms. The number of rotatable bonds is 2. The third kappa shape index (κ3) is 2.54. The van der Waals surface area contributed by atoms with Crippen molar-refractivity contribution in [3.8, 4) is 6.07 Å². The fourth-order valence-corrected chi connectivity index (χ4v) is 2.91. The number of nitriles is 1. The Balaban J connectivity index is 1.96. The average Bonchev–Trinajstić information content (AvgIpc) is 2.38. The molecular weight excluding hydrogens is 202 g/mol. The average molecular weight is 223 g/mol. The Hall–Kier alpha value is -0.630. The first-order valence-electron chi connectivity index (χ1n) is 6.24. The van der Waals surface area contributed by atoms with Gasteiger partial charge in [0.25, 0.3) is 0 Å². The normalized spacial score (nSPS) is 36.9. The van der Waals surface area contributed by atoms with Gasteiger partial charge in [-0.05, 0) is 25.7 Å². The predicted molar refractivity (Wildman–Crippen MR) is 62.0 cm³/mol. The van der Waals surface area contributed by atoms with E-state index < -0.39 is 0 Å². The number of hydrogen-bond donors (Lipinski definition) is 1. The molecule has 0 amide bonds. The molecule has 1 N–H and O–H groups in total. The molecule has 1 saturated heterocycles. The van der Waals surface area contributed by atoms with Crippen LogP contribution in [0.4, 0.5) is 0 Å². The first-order valence-corrected chi connectivity index (χ1v) is 6.24. The molecule has 4 heteroatoms. The fraction of sp³-hybridized carbons (Fsp3) is 0.917. The molecule has 1 heterocycles. The van der Waals surface area contributed by atoms with Crippen LogP contribution in [0.3, 0.4) is 0 Å². The van der Waals surface area contributed by atoms with Crippen LogP contribution in [-0.4, -0.2) is 49.8 Å². The molecule has 2 aliphatic rings. The van der Waals surface area contributed by atoms with Crippen molar-refractivity contribution in [3.05, 3.63) is 0 Å². The molecule has 0 aromatic heterocycles. The topological polar surface area (TPSA) is 48.3 Å². The molecule has 0 spiro atoms. The van der Waals surface area contributed by atoms with Gasteiger partial charge in [0.05, 0.1) is 12.2 Å². The lowest BCUT2D eigenvalue weighted by molar-refractivity contribution is 0.0161. The summed E-state index contributed by atoms with van der Waals surface area (Å²) in [7, 11) is 1.80. The smallest absolute Gasteiger partial charge is 0.111 e. The van der Waals surface area contributed by atoms with Crippen LogP contribution >= 0.6 is 0 Å². The minimum atomic E-state index is 0.0503. The van der Waals surface area contributed by atoms with Crippen molar-refractivity contribution in [2.24, 2.45) is 0 Å². The van der Waals surface area contributed by atoms with Crippen molar-refractivity contribution in [3.63, 3.8) is 0 Å². The van der Waals surface area contributed by atoms with Gasteiger partial charge in [0, 0.05) is 32.8 Å². The van der Waals surface area contributed by atoms with Gasteiger partial charge in [-0.3, -0.25) is 4.90 Å². The largest absolute Gasteiger partial charge is 0.381 e. The summed E-state index contributed by atoms with van der Waals surface area (Å²) in [5.74, 6) is 0. The molecule has 1 aliphatic heterocycles. The zero-order chi connectivity index (χ0) is 11.4. The van der Waals surface area contributed by atoms with Gasteiger partial charge in [-0.25, -0.2) is 0 Å². The van der Waals surface area contributed by atoms with E-state index in [1.165, 1.54) is 19.3 Å². The molecule has 16 heavy (non-hydrogen) atoms.